The van der Waals surface area contributed by atoms with E-state index in [4.69, 9.17) is 5.11 Å². The van der Waals surface area contributed by atoms with Crippen molar-refractivity contribution in [1.82, 2.24) is 9.55 Å². The van der Waals surface area contributed by atoms with E-state index in [9.17, 15) is 14.0 Å². The average molecular weight is 304 g/mol. The van der Waals surface area contributed by atoms with E-state index in [0.29, 0.717) is 10.2 Å². The first kappa shape index (κ1) is 13.4. The van der Waals surface area contributed by atoms with Crippen LogP contribution in [-0.4, -0.2) is 20.6 Å². The standard InChI is InChI=1S/C14H9FN2O3S/c15-9-3-1-8(2-4-9)10-6-21-13-12(10)16-7-17(14(13)20)5-11(18)19/h1-4,6-7H,5H2,(H,18,19). The van der Waals surface area contributed by atoms with Crippen molar-refractivity contribution in [3.63, 3.8) is 0 Å². The topological polar surface area (TPSA) is 72.2 Å². The molecule has 2 aromatic heterocycles. The summed E-state index contributed by atoms with van der Waals surface area (Å²) in [5, 5.41) is 10.5. The molecule has 3 aromatic rings. The van der Waals surface area contributed by atoms with Gasteiger partial charge in [0.25, 0.3) is 5.56 Å². The molecular weight excluding hydrogens is 295 g/mol. The van der Waals surface area contributed by atoms with Crippen LogP contribution in [-0.2, 0) is 11.3 Å². The summed E-state index contributed by atoms with van der Waals surface area (Å²) in [5.74, 6) is -1.44. The van der Waals surface area contributed by atoms with E-state index in [1.807, 2.05) is 0 Å². The Balaban J connectivity index is 2.15. The zero-order valence-electron chi connectivity index (χ0n) is 10.6. The van der Waals surface area contributed by atoms with Gasteiger partial charge in [0, 0.05) is 10.9 Å². The van der Waals surface area contributed by atoms with Gasteiger partial charge in [-0.05, 0) is 17.7 Å². The van der Waals surface area contributed by atoms with Crippen LogP contribution in [0.1, 0.15) is 0 Å². The van der Waals surface area contributed by atoms with Crippen molar-refractivity contribution in [2.45, 2.75) is 6.54 Å². The van der Waals surface area contributed by atoms with Gasteiger partial charge in [-0.25, -0.2) is 9.37 Å². The summed E-state index contributed by atoms with van der Waals surface area (Å²) in [5.41, 5.74) is 1.60. The molecule has 0 saturated carbocycles. The Bertz CT molecular complexity index is 883. The van der Waals surface area contributed by atoms with Crippen LogP contribution in [0.4, 0.5) is 4.39 Å². The lowest BCUT2D eigenvalue weighted by Gasteiger charge is -2.02. The number of hydrogen-bond acceptors (Lipinski definition) is 4. The third-order valence-electron chi connectivity index (χ3n) is 3.01. The molecule has 0 atom stereocenters. The SMILES string of the molecule is O=C(O)Cn1cnc2c(-c3ccc(F)cc3)csc2c1=O. The molecule has 0 bridgehead atoms. The van der Waals surface area contributed by atoms with Gasteiger partial charge in [0.05, 0.1) is 11.8 Å². The number of hydrogen-bond donors (Lipinski definition) is 1. The Kier molecular flexibility index (Phi) is 3.26. The maximum Gasteiger partial charge on any atom is 0.323 e. The lowest BCUT2D eigenvalue weighted by molar-refractivity contribution is -0.137. The number of benzene rings is 1. The van der Waals surface area contributed by atoms with Crippen LogP contribution in [0.25, 0.3) is 21.3 Å². The van der Waals surface area contributed by atoms with E-state index in [-0.39, 0.29) is 11.4 Å². The number of aliphatic carboxylic acids is 1. The highest BCUT2D eigenvalue weighted by atomic mass is 32.1. The van der Waals surface area contributed by atoms with E-state index < -0.39 is 12.5 Å². The molecule has 0 amide bonds. The Hall–Kier alpha value is -2.54. The first-order valence-electron chi connectivity index (χ1n) is 6.00. The molecule has 5 nitrogen and oxygen atoms in total. The first-order chi connectivity index (χ1) is 10.1. The average Bonchev–Trinajstić information content (AvgIpc) is 2.87. The summed E-state index contributed by atoms with van der Waals surface area (Å²) >= 11 is 1.20. The van der Waals surface area contributed by atoms with Crippen LogP contribution in [0.3, 0.4) is 0 Å². The Morgan fingerprint density at radius 2 is 2.05 bits per heavy atom. The van der Waals surface area contributed by atoms with Crippen LogP contribution >= 0.6 is 11.3 Å². The second kappa shape index (κ2) is 5.10. The number of carbonyl (C=O) groups is 1. The summed E-state index contributed by atoms with van der Waals surface area (Å²) in [6.45, 7) is -0.425. The molecule has 0 saturated heterocycles. The van der Waals surface area contributed by atoms with Gasteiger partial charge in [-0.1, -0.05) is 12.1 Å². The van der Waals surface area contributed by atoms with Crippen LogP contribution in [0, 0.1) is 5.82 Å². The molecular formula is C14H9FN2O3S. The summed E-state index contributed by atoms with van der Waals surface area (Å²) in [6, 6.07) is 5.90. The van der Waals surface area contributed by atoms with Crippen molar-refractivity contribution in [3.05, 3.63) is 52.1 Å². The van der Waals surface area contributed by atoms with Gasteiger partial charge >= 0.3 is 5.97 Å². The van der Waals surface area contributed by atoms with Crippen molar-refractivity contribution >= 4 is 27.5 Å². The zero-order chi connectivity index (χ0) is 15.0. The third kappa shape index (κ3) is 2.43. The van der Waals surface area contributed by atoms with E-state index in [0.717, 1.165) is 15.7 Å². The number of carboxylic acid groups (broad SMARTS) is 1. The zero-order valence-corrected chi connectivity index (χ0v) is 11.4. The minimum Gasteiger partial charge on any atom is -0.480 e. The predicted molar refractivity (Wildman–Crippen MR) is 76.9 cm³/mol. The predicted octanol–water partition coefficient (Wildman–Crippen LogP) is 2.35. The molecule has 0 aliphatic heterocycles. The summed E-state index contributed by atoms with van der Waals surface area (Å²) < 4.78 is 14.4. The molecule has 0 aliphatic carbocycles. The lowest BCUT2D eigenvalue weighted by atomic mass is 10.1. The minimum atomic E-state index is -1.10. The second-order valence-corrected chi connectivity index (χ2v) is 5.29. The highest BCUT2D eigenvalue weighted by molar-refractivity contribution is 7.17. The van der Waals surface area contributed by atoms with E-state index >= 15 is 0 Å². The van der Waals surface area contributed by atoms with Crippen LogP contribution in [0.5, 0.6) is 0 Å². The Morgan fingerprint density at radius 1 is 1.33 bits per heavy atom. The van der Waals surface area contributed by atoms with Crippen LogP contribution in [0.2, 0.25) is 0 Å². The molecule has 0 fully saturated rings. The highest BCUT2D eigenvalue weighted by Gasteiger charge is 2.13. The Morgan fingerprint density at radius 3 is 2.71 bits per heavy atom. The largest absolute Gasteiger partial charge is 0.480 e. The quantitative estimate of drug-likeness (QED) is 0.806. The first-order valence-corrected chi connectivity index (χ1v) is 6.88. The smallest absolute Gasteiger partial charge is 0.323 e. The number of halogens is 1. The number of thiophene rings is 1. The highest BCUT2D eigenvalue weighted by Crippen LogP contribution is 2.30. The monoisotopic (exact) mass is 304 g/mol. The van der Waals surface area contributed by atoms with Gasteiger partial charge < -0.3 is 5.11 Å². The maximum atomic E-state index is 13.0. The number of carboxylic acids is 1. The van der Waals surface area contributed by atoms with Gasteiger partial charge in [0.15, 0.2) is 0 Å². The molecule has 106 valence electrons. The third-order valence-corrected chi connectivity index (χ3v) is 3.96. The number of aromatic nitrogens is 2. The van der Waals surface area contributed by atoms with Crippen molar-refractivity contribution < 1.29 is 14.3 Å². The molecule has 0 spiro atoms. The maximum absolute atomic E-state index is 13.0. The van der Waals surface area contributed by atoms with Gasteiger partial charge in [-0.3, -0.25) is 14.2 Å². The fourth-order valence-corrected chi connectivity index (χ4v) is 3.01. The van der Waals surface area contributed by atoms with Crippen molar-refractivity contribution in [2.24, 2.45) is 0 Å². The number of rotatable bonds is 3. The fourth-order valence-electron chi connectivity index (χ4n) is 2.03. The molecule has 1 N–H and O–H groups in total. The second-order valence-electron chi connectivity index (χ2n) is 4.41. The number of fused-ring (bicyclic) bond motifs is 1. The molecule has 0 radical (unpaired) electrons. The van der Waals surface area contributed by atoms with Crippen LogP contribution < -0.4 is 5.56 Å². The van der Waals surface area contributed by atoms with Crippen molar-refractivity contribution in [2.75, 3.05) is 0 Å². The minimum absolute atomic E-state index is 0.338. The summed E-state index contributed by atoms with van der Waals surface area (Å²) in [7, 11) is 0. The van der Waals surface area contributed by atoms with Gasteiger partial charge in [0.1, 0.15) is 17.1 Å². The fraction of sp³-hybridized carbons (Fsp3) is 0.0714. The summed E-state index contributed by atoms with van der Waals surface area (Å²) in [6.07, 6.45) is 1.22. The molecule has 7 heteroatoms. The Labute approximate surface area is 121 Å². The van der Waals surface area contributed by atoms with E-state index in [2.05, 4.69) is 4.98 Å². The van der Waals surface area contributed by atoms with Gasteiger partial charge in [0.2, 0.25) is 0 Å². The van der Waals surface area contributed by atoms with Crippen molar-refractivity contribution in [3.8, 4) is 11.1 Å². The molecule has 0 unspecified atom stereocenters. The van der Waals surface area contributed by atoms with Gasteiger partial charge in [-0.15, -0.1) is 11.3 Å². The molecule has 2 heterocycles. The lowest BCUT2D eigenvalue weighted by Crippen LogP contribution is -2.23. The molecule has 21 heavy (non-hydrogen) atoms. The van der Waals surface area contributed by atoms with Crippen molar-refractivity contribution in [1.29, 1.82) is 0 Å². The van der Waals surface area contributed by atoms with E-state index in [1.165, 1.54) is 29.8 Å². The number of nitrogens with zero attached hydrogens (tertiary/aromatic N) is 2. The van der Waals surface area contributed by atoms with E-state index in [1.54, 1.807) is 17.5 Å². The summed E-state index contributed by atoms with van der Waals surface area (Å²) in [4.78, 5) is 27.0. The molecule has 0 aliphatic rings. The molecule has 1 aromatic carbocycles. The van der Waals surface area contributed by atoms with Gasteiger partial charge in [-0.2, -0.15) is 0 Å². The molecule has 3 rings (SSSR count). The normalized spacial score (nSPS) is 10.9. The van der Waals surface area contributed by atoms with Crippen LogP contribution in [0.15, 0.2) is 40.8 Å².